The van der Waals surface area contributed by atoms with Crippen LogP contribution in [0.3, 0.4) is 0 Å². The van der Waals surface area contributed by atoms with Crippen molar-refractivity contribution < 1.29 is 9.15 Å². The monoisotopic (exact) mass is 231 g/mol. The number of aromatic nitrogens is 2. The smallest absolute Gasteiger partial charge is 0.247 e. The molecule has 88 valence electrons. The third-order valence-corrected chi connectivity index (χ3v) is 2.76. The van der Waals surface area contributed by atoms with Crippen molar-refractivity contribution in [1.82, 2.24) is 15.5 Å². The van der Waals surface area contributed by atoms with Crippen molar-refractivity contribution in [2.75, 3.05) is 7.05 Å². The first-order valence-electron chi connectivity index (χ1n) is 5.54. The second-order valence-corrected chi connectivity index (χ2v) is 4.01. The van der Waals surface area contributed by atoms with Crippen LogP contribution in [0.4, 0.5) is 0 Å². The van der Waals surface area contributed by atoms with Crippen molar-refractivity contribution in [1.29, 1.82) is 0 Å². The molecule has 5 nitrogen and oxygen atoms in total. The minimum atomic E-state index is 0.560. The van der Waals surface area contributed by atoms with Gasteiger partial charge in [0.25, 0.3) is 0 Å². The molecule has 0 amide bonds. The third-order valence-electron chi connectivity index (χ3n) is 2.76. The van der Waals surface area contributed by atoms with Crippen LogP contribution in [0.5, 0.6) is 0 Å². The van der Waals surface area contributed by atoms with Crippen LogP contribution in [0.15, 0.2) is 22.6 Å². The van der Waals surface area contributed by atoms with E-state index in [0.29, 0.717) is 31.5 Å². The number of hydrogen-bond acceptors (Lipinski definition) is 5. The third kappa shape index (κ3) is 1.94. The van der Waals surface area contributed by atoms with Crippen molar-refractivity contribution >= 4 is 0 Å². The Kier molecular flexibility index (Phi) is 2.62. The van der Waals surface area contributed by atoms with Gasteiger partial charge in [0.15, 0.2) is 0 Å². The zero-order chi connectivity index (χ0) is 11.7. The summed E-state index contributed by atoms with van der Waals surface area (Å²) in [7, 11) is 1.84. The number of ether oxygens (including phenoxy) is 1. The van der Waals surface area contributed by atoms with Gasteiger partial charge in [0.2, 0.25) is 11.8 Å². The van der Waals surface area contributed by atoms with Gasteiger partial charge in [-0.15, -0.1) is 10.2 Å². The molecule has 0 unspecified atom stereocenters. The largest absolute Gasteiger partial charge is 0.419 e. The van der Waals surface area contributed by atoms with Crippen molar-refractivity contribution in [3.8, 4) is 11.5 Å². The number of benzene rings is 1. The molecule has 1 aliphatic heterocycles. The molecule has 0 bridgehead atoms. The average molecular weight is 231 g/mol. The standard InChI is InChI=1S/C12H13N3O2/c1-13-5-11-14-15-12(17-11)8-2-3-9-6-16-7-10(9)4-8/h2-4,13H,5-7H2,1H3. The van der Waals surface area contributed by atoms with Crippen LogP contribution in [0, 0.1) is 0 Å². The number of fused-ring (bicyclic) bond motifs is 1. The maximum atomic E-state index is 5.54. The van der Waals surface area contributed by atoms with Gasteiger partial charge >= 0.3 is 0 Å². The lowest BCUT2D eigenvalue weighted by molar-refractivity contribution is 0.134. The van der Waals surface area contributed by atoms with Crippen molar-refractivity contribution in [3.05, 3.63) is 35.2 Å². The summed E-state index contributed by atoms with van der Waals surface area (Å²) in [5.41, 5.74) is 3.39. The molecule has 0 radical (unpaired) electrons. The fraction of sp³-hybridized carbons (Fsp3) is 0.333. The summed E-state index contributed by atoms with van der Waals surface area (Å²) in [6, 6.07) is 6.10. The lowest BCUT2D eigenvalue weighted by Crippen LogP contribution is -2.04. The van der Waals surface area contributed by atoms with Gasteiger partial charge < -0.3 is 14.5 Å². The summed E-state index contributed by atoms with van der Waals surface area (Å²) < 4.78 is 10.9. The quantitative estimate of drug-likeness (QED) is 0.867. The molecule has 1 aromatic carbocycles. The van der Waals surface area contributed by atoms with E-state index < -0.39 is 0 Å². The van der Waals surface area contributed by atoms with E-state index in [1.165, 1.54) is 11.1 Å². The summed E-state index contributed by atoms with van der Waals surface area (Å²) in [5, 5.41) is 11.0. The molecule has 0 fully saturated rings. The Bertz CT molecular complexity index is 536. The molecule has 0 aliphatic carbocycles. The van der Waals surface area contributed by atoms with Crippen molar-refractivity contribution in [2.24, 2.45) is 0 Å². The SMILES string of the molecule is CNCc1nnc(-c2ccc3c(c2)COC3)o1. The first kappa shape index (κ1) is 10.4. The molecule has 0 spiro atoms. The molecule has 1 aromatic heterocycles. The maximum Gasteiger partial charge on any atom is 0.247 e. The van der Waals surface area contributed by atoms with Gasteiger partial charge in [-0.2, -0.15) is 0 Å². The Morgan fingerprint density at radius 2 is 2.12 bits per heavy atom. The van der Waals surface area contributed by atoms with Crippen LogP contribution in [-0.2, 0) is 24.5 Å². The van der Waals surface area contributed by atoms with Crippen LogP contribution in [0.1, 0.15) is 17.0 Å². The first-order chi connectivity index (χ1) is 8.36. The molecule has 17 heavy (non-hydrogen) atoms. The Morgan fingerprint density at radius 1 is 1.24 bits per heavy atom. The van der Waals surface area contributed by atoms with Crippen LogP contribution in [0.2, 0.25) is 0 Å². The summed E-state index contributed by atoms with van der Waals surface area (Å²) in [6.45, 7) is 1.95. The average Bonchev–Trinajstić information content (AvgIpc) is 2.96. The van der Waals surface area contributed by atoms with Gasteiger partial charge in [0.1, 0.15) is 0 Å². The van der Waals surface area contributed by atoms with E-state index in [4.69, 9.17) is 9.15 Å². The highest BCUT2D eigenvalue weighted by molar-refractivity contribution is 5.55. The summed E-state index contributed by atoms with van der Waals surface area (Å²) >= 11 is 0. The van der Waals surface area contributed by atoms with Crippen molar-refractivity contribution in [3.63, 3.8) is 0 Å². The van der Waals surface area contributed by atoms with Crippen LogP contribution in [-0.4, -0.2) is 17.2 Å². The number of rotatable bonds is 3. The molecule has 3 rings (SSSR count). The van der Waals surface area contributed by atoms with Gasteiger partial charge in [-0.1, -0.05) is 6.07 Å². The Hall–Kier alpha value is -1.72. The van der Waals surface area contributed by atoms with Crippen LogP contribution >= 0.6 is 0 Å². The lowest BCUT2D eigenvalue weighted by Gasteiger charge is -1.99. The molecule has 0 atom stereocenters. The van der Waals surface area contributed by atoms with E-state index in [-0.39, 0.29) is 0 Å². The zero-order valence-electron chi connectivity index (χ0n) is 9.56. The molecule has 1 aliphatic rings. The van der Waals surface area contributed by atoms with Gasteiger partial charge in [-0.3, -0.25) is 0 Å². The van der Waals surface area contributed by atoms with Crippen molar-refractivity contribution in [2.45, 2.75) is 19.8 Å². The Morgan fingerprint density at radius 3 is 3.00 bits per heavy atom. The number of hydrogen-bond donors (Lipinski definition) is 1. The first-order valence-corrected chi connectivity index (χ1v) is 5.54. The minimum Gasteiger partial charge on any atom is -0.419 e. The summed E-state index contributed by atoms with van der Waals surface area (Å²) in [5.74, 6) is 1.16. The molecule has 5 heteroatoms. The molecular weight excluding hydrogens is 218 g/mol. The summed E-state index contributed by atoms with van der Waals surface area (Å²) in [6.07, 6.45) is 0. The van der Waals surface area contributed by atoms with Crippen LogP contribution < -0.4 is 5.32 Å². The fourth-order valence-electron chi connectivity index (χ4n) is 1.90. The molecule has 0 saturated carbocycles. The highest BCUT2D eigenvalue weighted by Crippen LogP contribution is 2.26. The maximum absolute atomic E-state index is 5.54. The van der Waals surface area contributed by atoms with Crippen LogP contribution in [0.25, 0.3) is 11.5 Å². The van der Waals surface area contributed by atoms with E-state index >= 15 is 0 Å². The molecule has 2 heterocycles. The molecular formula is C12H13N3O2. The van der Waals surface area contributed by atoms with Gasteiger partial charge in [-0.05, 0) is 30.3 Å². The van der Waals surface area contributed by atoms with E-state index in [2.05, 4.69) is 27.6 Å². The Labute approximate surface area is 98.8 Å². The van der Waals surface area contributed by atoms with E-state index in [1.807, 2.05) is 13.1 Å². The van der Waals surface area contributed by atoms with Gasteiger partial charge in [0, 0.05) is 5.56 Å². The molecule has 2 aromatic rings. The normalized spacial score (nSPS) is 13.9. The molecule has 1 N–H and O–H groups in total. The van der Waals surface area contributed by atoms with E-state index in [1.54, 1.807) is 0 Å². The lowest BCUT2D eigenvalue weighted by atomic mass is 10.1. The topological polar surface area (TPSA) is 60.2 Å². The second-order valence-electron chi connectivity index (χ2n) is 4.01. The van der Waals surface area contributed by atoms with E-state index in [9.17, 15) is 0 Å². The fourth-order valence-corrected chi connectivity index (χ4v) is 1.90. The Balaban J connectivity index is 1.92. The summed E-state index contributed by atoms with van der Waals surface area (Å²) in [4.78, 5) is 0. The number of nitrogens with one attached hydrogen (secondary N) is 1. The second kappa shape index (κ2) is 4.27. The predicted molar refractivity (Wildman–Crippen MR) is 61.0 cm³/mol. The van der Waals surface area contributed by atoms with Gasteiger partial charge in [-0.25, -0.2) is 0 Å². The molecule has 0 saturated heterocycles. The highest BCUT2D eigenvalue weighted by atomic mass is 16.5. The minimum absolute atomic E-state index is 0.560. The number of nitrogens with zero attached hydrogens (tertiary/aromatic N) is 2. The zero-order valence-corrected chi connectivity index (χ0v) is 9.56. The highest BCUT2D eigenvalue weighted by Gasteiger charge is 2.14. The van der Waals surface area contributed by atoms with Gasteiger partial charge in [0.05, 0.1) is 19.8 Å². The predicted octanol–water partition coefficient (Wildman–Crippen LogP) is 1.49. The van der Waals surface area contributed by atoms with E-state index in [0.717, 1.165) is 5.56 Å².